The van der Waals surface area contributed by atoms with Gasteiger partial charge in [0.15, 0.2) is 0 Å². The van der Waals surface area contributed by atoms with Crippen molar-refractivity contribution in [3.05, 3.63) is 59.7 Å². The van der Waals surface area contributed by atoms with Crippen LogP contribution in [-0.2, 0) is 26.0 Å². The number of carbonyl (C=O) groups excluding carboxylic acids is 1. The second-order valence-corrected chi connectivity index (χ2v) is 10.2. The van der Waals surface area contributed by atoms with Crippen molar-refractivity contribution in [1.29, 1.82) is 0 Å². The monoisotopic (exact) mass is 475 g/mol. The molecule has 0 unspecified atom stereocenters. The lowest BCUT2D eigenvalue weighted by Gasteiger charge is -2.26. The highest BCUT2D eigenvalue weighted by Gasteiger charge is 2.26. The topological polar surface area (TPSA) is 88.2 Å². The van der Waals surface area contributed by atoms with Crippen LogP contribution < -0.4 is 10.1 Å². The van der Waals surface area contributed by atoms with Crippen molar-refractivity contribution in [3.63, 3.8) is 0 Å². The molecular formula is C24H33N3O5S. The molecule has 1 fully saturated rings. The van der Waals surface area contributed by atoms with Gasteiger partial charge in [0.2, 0.25) is 15.9 Å². The van der Waals surface area contributed by atoms with Gasteiger partial charge in [-0.05, 0) is 55.9 Å². The number of nitrogens with zero attached hydrogens (tertiary/aromatic N) is 2. The third-order valence-corrected chi connectivity index (χ3v) is 7.70. The summed E-state index contributed by atoms with van der Waals surface area (Å²) in [5, 5.41) is 3.01. The first kappa shape index (κ1) is 25.2. The van der Waals surface area contributed by atoms with E-state index < -0.39 is 10.0 Å². The van der Waals surface area contributed by atoms with Crippen LogP contribution in [0, 0.1) is 0 Å². The van der Waals surface area contributed by atoms with Gasteiger partial charge in [0, 0.05) is 26.1 Å². The number of sulfonamides is 1. The van der Waals surface area contributed by atoms with Gasteiger partial charge in [-0.2, -0.15) is 4.31 Å². The van der Waals surface area contributed by atoms with Gasteiger partial charge in [-0.25, -0.2) is 8.42 Å². The summed E-state index contributed by atoms with van der Waals surface area (Å²) >= 11 is 0. The SMILES string of the molecule is COc1ccc([C@H](CNC(=O)CCc2ccc(S(=O)(=O)N3CCOCC3)cc2)N(C)C)cc1. The normalized spacial score (nSPS) is 15.9. The number of carbonyl (C=O) groups is 1. The standard InChI is InChI=1S/C24H33N3O5S/c1-26(2)23(20-7-9-21(31-3)10-8-20)18-25-24(28)13-6-19-4-11-22(12-5-19)33(29,30)27-14-16-32-17-15-27/h4-5,7-12,23H,6,13-18H2,1-3H3,(H,25,28)/t23-/m0/s1. The molecule has 1 saturated heterocycles. The fourth-order valence-electron chi connectivity index (χ4n) is 3.75. The van der Waals surface area contributed by atoms with Crippen molar-refractivity contribution < 1.29 is 22.7 Å². The van der Waals surface area contributed by atoms with Crippen molar-refractivity contribution in [3.8, 4) is 5.75 Å². The van der Waals surface area contributed by atoms with Crippen LogP contribution in [0.3, 0.4) is 0 Å². The first-order chi connectivity index (χ1) is 15.8. The minimum atomic E-state index is -3.51. The van der Waals surface area contributed by atoms with Crippen LogP contribution in [0.1, 0.15) is 23.6 Å². The van der Waals surface area contributed by atoms with Gasteiger partial charge in [-0.3, -0.25) is 4.79 Å². The molecule has 1 atom stereocenters. The van der Waals surface area contributed by atoms with Gasteiger partial charge in [0.05, 0.1) is 31.3 Å². The van der Waals surface area contributed by atoms with E-state index in [1.807, 2.05) is 38.4 Å². The molecule has 0 spiro atoms. The average molecular weight is 476 g/mol. The van der Waals surface area contributed by atoms with Crippen LogP contribution >= 0.6 is 0 Å². The Morgan fingerprint density at radius 2 is 1.73 bits per heavy atom. The molecule has 0 radical (unpaired) electrons. The number of rotatable bonds is 10. The van der Waals surface area contributed by atoms with Crippen molar-refractivity contribution in [1.82, 2.24) is 14.5 Å². The van der Waals surface area contributed by atoms with Crippen molar-refractivity contribution >= 4 is 15.9 Å². The summed E-state index contributed by atoms with van der Waals surface area (Å²) in [6, 6.07) is 14.7. The average Bonchev–Trinajstić information content (AvgIpc) is 2.84. The van der Waals surface area contributed by atoms with Crippen LogP contribution in [0.4, 0.5) is 0 Å². The Morgan fingerprint density at radius 3 is 2.30 bits per heavy atom. The highest BCUT2D eigenvalue weighted by Crippen LogP contribution is 2.21. The minimum Gasteiger partial charge on any atom is -0.497 e. The van der Waals surface area contributed by atoms with Gasteiger partial charge < -0.3 is 19.7 Å². The first-order valence-corrected chi connectivity index (χ1v) is 12.5. The van der Waals surface area contributed by atoms with E-state index in [-0.39, 0.29) is 16.8 Å². The second kappa shape index (κ2) is 11.6. The number of methoxy groups -OCH3 is 1. The van der Waals surface area contributed by atoms with Crippen LogP contribution in [0.25, 0.3) is 0 Å². The summed E-state index contributed by atoms with van der Waals surface area (Å²) in [7, 11) is 2.09. The molecule has 0 bridgehead atoms. The van der Waals surface area contributed by atoms with Gasteiger partial charge in [0.25, 0.3) is 0 Å². The maximum atomic E-state index is 12.7. The molecule has 33 heavy (non-hydrogen) atoms. The number of amides is 1. The van der Waals surface area contributed by atoms with Crippen molar-refractivity contribution in [2.45, 2.75) is 23.8 Å². The Hall–Kier alpha value is -2.46. The largest absolute Gasteiger partial charge is 0.497 e. The molecule has 0 saturated carbocycles. The number of hydrogen-bond donors (Lipinski definition) is 1. The van der Waals surface area contributed by atoms with E-state index in [2.05, 4.69) is 10.2 Å². The number of nitrogens with one attached hydrogen (secondary N) is 1. The lowest BCUT2D eigenvalue weighted by atomic mass is 10.1. The maximum absolute atomic E-state index is 12.7. The van der Waals surface area contributed by atoms with Gasteiger partial charge in [-0.1, -0.05) is 24.3 Å². The summed E-state index contributed by atoms with van der Waals surface area (Å²) in [4.78, 5) is 14.8. The number of likely N-dealkylation sites (N-methyl/N-ethyl adjacent to an activating group) is 1. The number of morpholine rings is 1. The number of ether oxygens (including phenoxy) is 2. The second-order valence-electron chi connectivity index (χ2n) is 8.22. The molecule has 1 amide bonds. The molecule has 1 aliphatic rings. The predicted molar refractivity (Wildman–Crippen MR) is 127 cm³/mol. The lowest BCUT2D eigenvalue weighted by Crippen LogP contribution is -2.40. The molecular weight excluding hydrogens is 442 g/mol. The molecule has 0 aromatic heterocycles. The third kappa shape index (κ3) is 6.77. The van der Waals surface area contributed by atoms with E-state index in [9.17, 15) is 13.2 Å². The van der Waals surface area contributed by atoms with Crippen molar-refractivity contribution in [2.75, 3.05) is 54.1 Å². The van der Waals surface area contributed by atoms with Gasteiger partial charge in [0.1, 0.15) is 5.75 Å². The summed E-state index contributed by atoms with van der Waals surface area (Å²) < 4.78 is 37.3. The molecule has 1 N–H and O–H groups in total. The van der Waals surface area contributed by atoms with Crippen LogP contribution in [0.2, 0.25) is 0 Å². The predicted octanol–water partition coefficient (Wildman–Crippen LogP) is 2.07. The maximum Gasteiger partial charge on any atom is 0.243 e. The molecule has 2 aromatic carbocycles. The molecule has 1 aliphatic heterocycles. The summed E-state index contributed by atoms with van der Waals surface area (Å²) in [5.74, 6) is 0.754. The molecule has 8 nitrogen and oxygen atoms in total. The zero-order chi connectivity index (χ0) is 23.8. The molecule has 2 aromatic rings. The van der Waals surface area contributed by atoms with E-state index >= 15 is 0 Å². The smallest absolute Gasteiger partial charge is 0.243 e. The van der Waals surface area contributed by atoms with Gasteiger partial charge >= 0.3 is 0 Å². The fraction of sp³-hybridized carbons (Fsp3) is 0.458. The van der Waals surface area contributed by atoms with Crippen LogP contribution in [-0.4, -0.2) is 77.6 Å². The number of benzene rings is 2. The lowest BCUT2D eigenvalue weighted by molar-refractivity contribution is -0.121. The van der Waals surface area contributed by atoms with E-state index in [0.29, 0.717) is 45.7 Å². The fourth-order valence-corrected chi connectivity index (χ4v) is 5.15. The molecule has 0 aliphatic carbocycles. The Kier molecular flexibility index (Phi) is 8.85. The van der Waals surface area contributed by atoms with E-state index in [1.165, 1.54) is 4.31 Å². The Bertz CT molecular complexity index is 1000. The van der Waals surface area contributed by atoms with E-state index in [0.717, 1.165) is 16.9 Å². The third-order valence-electron chi connectivity index (χ3n) is 5.79. The molecule has 180 valence electrons. The summed E-state index contributed by atoms with van der Waals surface area (Å²) in [6.07, 6.45) is 0.872. The van der Waals surface area contributed by atoms with Crippen molar-refractivity contribution in [2.24, 2.45) is 0 Å². The minimum absolute atomic E-state index is 0.0413. The zero-order valence-corrected chi connectivity index (χ0v) is 20.3. The van der Waals surface area contributed by atoms with Gasteiger partial charge in [-0.15, -0.1) is 0 Å². The highest BCUT2D eigenvalue weighted by molar-refractivity contribution is 7.89. The first-order valence-electron chi connectivity index (χ1n) is 11.0. The molecule has 1 heterocycles. The van der Waals surface area contributed by atoms with Crippen LogP contribution in [0.15, 0.2) is 53.4 Å². The Morgan fingerprint density at radius 1 is 1.09 bits per heavy atom. The summed E-state index contributed by atoms with van der Waals surface area (Å²) in [5.41, 5.74) is 2.02. The molecule has 9 heteroatoms. The van der Waals surface area contributed by atoms with Crippen LogP contribution in [0.5, 0.6) is 5.75 Å². The molecule has 3 rings (SSSR count). The zero-order valence-electron chi connectivity index (χ0n) is 19.5. The van der Waals surface area contributed by atoms with E-state index in [1.54, 1.807) is 31.4 Å². The quantitative estimate of drug-likeness (QED) is 0.566. The summed E-state index contributed by atoms with van der Waals surface area (Å²) in [6.45, 7) is 2.07. The number of aryl methyl sites for hydroxylation is 1. The highest BCUT2D eigenvalue weighted by atomic mass is 32.2. The number of hydrogen-bond acceptors (Lipinski definition) is 6. The Labute approximate surface area is 196 Å². The van der Waals surface area contributed by atoms with E-state index in [4.69, 9.17) is 9.47 Å². The Balaban J connectivity index is 1.51.